The number of hydrogen-bond donors (Lipinski definition) is 3. The second kappa shape index (κ2) is 6.24. The average Bonchev–Trinajstić information content (AvgIpc) is 2.57. The van der Waals surface area contributed by atoms with Gasteiger partial charge in [0.25, 0.3) is 0 Å². The van der Waals surface area contributed by atoms with Crippen LogP contribution in [0, 0.1) is 0 Å². The second-order valence-corrected chi connectivity index (χ2v) is 5.45. The summed E-state index contributed by atoms with van der Waals surface area (Å²) < 4.78 is 10.9. The van der Waals surface area contributed by atoms with Gasteiger partial charge in [-0.05, 0) is 18.6 Å². The van der Waals surface area contributed by atoms with Gasteiger partial charge in [0, 0.05) is 23.8 Å². The van der Waals surface area contributed by atoms with E-state index < -0.39 is 5.43 Å². The monoisotopic (exact) mass is 340 g/mol. The number of hydrogen-bond acceptors (Lipinski definition) is 6. The molecule has 6 nitrogen and oxygen atoms in total. The minimum Gasteiger partial charge on any atom is -0.508 e. The third-order valence-electron chi connectivity index (χ3n) is 3.85. The molecule has 0 saturated heterocycles. The molecule has 6 heteroatoms. The van der Waals surface area contributed by atoms with Crippen LogP contribution >= 0.6 is 0 Å². The number of benzene rings is 2. The van der Waals surface area contributed by atoms with Crippen LogP contribution in [0.2, 0.25) is 0 Å². The molecule has 25 heavy (non-hydrogen) atoms. The number of phenols is 3. The van der Waals surface area contributed by atoms with E-state index in [1.807, 2.05) is 0 Å². The molecule has 2 aromatic carbocycles. The van der Waals surface area contributed by atoms with Crippen molar-refractivity contribution in [1.29, 1.82) is 0 Å². The molecule has 128 valence electrons. The minimum atomic E-state index is -0.427. The Kier molecular flexibility index (Phi) is 4.10. The summed E-state index contributed by atoms with van der Waals surface area (Å²) in [5, 5.41) is 29.8. The van der Waals surface area contributed by atoms with E-state index in [-0.39, 0.29) is 51.5 Å². The normalized spacial score (nSPS) is 10.8. The number of ether oxygens (including phenoxy) is 1. The lowest BCUT2D eigenvalue weighted by Gasteiger charge is -2.12. The number of methoxy groups -OCH3 is 1. The molecule has 0 radical (unpaired) electrons. The molecule has 0 fully saturated rings. The topological polar surface area (TPSA) is 100 Å². The van der Waals surface area contributed by atoms with Gasteiger partial charge < -0.3 is 24.5 Å². The Morgan fingerprint density at radius 3 is 2.56 bits per heavy atom. The van der Waals surface area contributed by atoms with Gasteiger partial charge in [-0.15, -0.1) is 6.58 Å². The number of aromatic hydroxyl groups is 3. The number of phenolic OH excluding ortho intramolecular Hbond substituents is 3. The van der Waals surface area contributed by atoms with Crippen molar-refractivity contribution in [3.63, 3.8) is 0 Å². The SMILES string of the molecule is C=CCc1c(-c2ccc(O)cc2O)oc2cc(OC)cc(O)c2c1=O. The van der Waals surface area contributed by atoms with Gasteiger partial charge in [-0.1, -0.05) is 6.08 Å². The lowest BCUT2D eigenvalue weighted by molar-refractivity contribution is 0.408. The molecule has 0 unspecified atom stereocenters. The van der Waals surface area contributed by atoms with Crippen molar-refractivity contribution < 1.29 is 24.5 Å². The molecule has 3 rings (SSSR count). The van der Waals surface area contributed by atoms with Gasteiger partial charge in [0.1, 0.15) is 39.7 Å². The number of rotatable bonds is 4. The highest BCUT2D eigenvalue weighted by Gasteiger charge is 2.20. The van der Waals surface area contributed by atoms with Gasteiger partial charge in [0.15, 0.2) is 0 Å². The highest BCUT2D eigenvalue weighted by atomic mass is 16.5. The summed E-state index contributed by atoms with van der Waals surface area (Å²) in [5.41, 5.74) is 0.181. The molecule has 0 aliphatic heterocycles. The summed E-state index contributed by atoms with van der Waals surface area (Å²) in [6, 6.07) is 6.78. The van der Waals surface area contributed by atoms with E-state index in [9.17, 15) is 20.1 Å². The Morgan fingerprint density at radius 2 is 1.92 bits per heavy atom. The fraction of sp³-hybridized carbons (Fsp3) is 0.105. The predicted octanol–water partition coefficient (Wildman–Crippen LogP) is 3.31. The molecule has 0 saturated carbocycles. The average molecular weight is 340 g/mol. The van der Waals surface area contributed by atoms with Crippen LogP contribution in [0.1, 0.15) is 5.56 Å². The van der Waals surface area contributed by atoms with Crippen molar-refractivity contribution in [2.75, 3.05) is 7.11 Å². The quantitative estimate of drug-likeness (QED) is 0.630. The predicted molar refractivity (Wildman–Crippen MR) is 93.4 cm³/mol. The van der Waals surface area contributed by atoms with Gasteiger partial charge in [0.05, 0.1) is 12.7 Å². The largest absolute Gasteiger partial charge is 0.508 e. The first-order chi connectivity index (χ1) is 12.0. The van der Waals surface area contributed by atoms with Crippen LogP contribution < -0.4 is 10.2 Å². The minimum absolute atomic E-state index is 0.0275. The van der Waals surface area contributed by atoms with Crippen molar-refractivity contribution in [3.05, 3.63) is 58.8 Å². The molecule has 0 amide bonds. The van der Waals surface area contributed by atoms with Crippen molar-refractivity contribution >= 4 is 11.0 Å². The molecule has 3 N–H and O–H groups in total. The lowest BCUT2D eigenvalue weighted by atomic mass is 10.0. The number of allylic oxidation sites excluding steroid dienone is 1. The smallest absolute Gasteiger partial charge is 0.200 e. The maximum absolute atomic E-state index is 12.9. The zero-order chi connectivity index (χ0) is 18.1. The maximum atomic E-state index is 12.9. The van der Waals surface area contributed by atoms with E-state index in [1.165, 1.54) is 37.5 Å². The van der Waals surface area contributed by atoms with Crippen LogP contribution in [0.25, 0.3) is 22.3 Å². The Balaban J connectivity index is 2.42. The van der Waals surface area contributed by atoms with E-state index in [1.54, 1.807) is 0 Å². The Hall–Kier alpha value is -3.41. The standard InChI is InChI=1S/C19H16O6/c1-3-4-13-18(23)17-15(22)8-11(24-2)9-16(17)25-19(13)12-6-5-10(20)7-14(12)21/h3,5-9,20-22H,1,4H2,2H3. The molecule has 1 heterocycles. The molecule has 0 aliphatic rings. The van der Waals surface area contributed by atoms with Gasteiger partial charge in [0.2, 0.25) is 5.43 Å². The number of fused-ring (bicyclic) bond motifs is 1. The van der Waals surface area contributed by atoms with E-state index in [4.69, 9.17) is 9.15 Å². The van der Waals surface area contributed by atoms with Crippen LogP contribution in [-0.4, -0.2) is 22.4 Å². The fourth-order valence-electron chi connectivity index (χ4n) is 2.69. The highest BCUT2D eigenvalue weighted by Crippen LogP contribution is 2.37. The third-order valence-corrected chi connectivity index (χ3v) is 3.85. The molecule has 0 atom stereocenters. The Bertz CT molecular complexity index is 1030. The van der Waals surface area contributed by atoms with Crippen LogP contribution in [0.15, 0.2) is 52.2 Å². The maximum Gasteiger partial charge on any atom is 0.200 e. The molecular weight excluding hydrogens is 324 g/mol. The summed E-state index contributed by atoms with van der Waals surface area (Å²) in [5.74, 6) is -0.142. The molecule has 3 aromatic rings. The van der Waals surface area contributed by atoms with E-state index >= 15 is 0 Å². The molecule has 1 aromatic heterocycles. The van der Waals surface area contributed by atoms with Crippen LogP contribution in [0.5, 0.6) is 23.0 Å². The molecule has 0 bridgehead atoms. The Labute approximate surface area is 142 Å². The molecule has 0 aliphatic carbocycles. The van der Waals surface area contributed by atoms with Crippen LogP contribution in [0.4, 0.5) is 0 Å². The third kappa shape index (κ3) is 2.78. The van der Waals surface area contributed by atoms with Gasteiger partial charge in [-0.3, -0.25) is 4.79 Å². The second-order valence-electron chi connectivity index (χ2n) is 5.45. The van der Waals surface area contributed by atoms with Crippen molar-refractivity contribution in [1.82, 2.24) is 0 Å². The van der Waals surface area contributed by atoms with E-state index in [2.05, 4.69) is 6.58 Å². The first kappa shape index (κ1) is 16.4. The zero-order valence-electron chi connectivity index (χ0n) is 13.4. The summed E-state index contributed by atoms with van der Waals surface area (Å²) in [6.07, 6.45) is 1.71. The van der Waals surface area contributed by atoms with E-state index in [0.717, 1.165) is 6.07 Å². The summed E-state index contributed by atoms with van der Waals surface area (Å²) in [7, 11) is 1.43. The molecule has 0 spiro atoms. The fourth-order valence-corrected chi connectivity index (χ4v) is 2.69. The summed E-state index contributed by atoms with van der Waals surface area (Å²) >= 11 is 0. The first-order valence-corrected chi connectivity index (χ1v) is 7.46. The van der Waals surface area contributed by atoms with Crippen LogP contribution in [-0.2, 0) is 6.42 Å². The Morgan fingerprint density at radius 1 is 1.16 bits per heavy atom. The van der Waals surface area contributed by atoms with Crippen molar-refractivity contribution in [3.8, 4) is 34.3 Å². The van der Waals surface area contributed by atoms with E-state index in [0.29, 0.717) is 5.75 Å². The van der Waals surface area contributed by atoms with Crippen LogP contribution in [0.3, 0.4) is 0 Å². The zero-order valence-corrected chi connectivity index (χ0v) is 13.4. The van der Waals surface area contributed by atoms with Crippen molar-refractivity contribution in [2.45, 2.75) is 6.42 Å². The highest BCUT2D eigenvalue weighted by molar-refractivity contribution is 5.87. The van der Waals surface area contributed by atoms with Gasteiger partial charge >= 0.3 is 0 Å². The molecular formula is C19H16O6. The van der Waals surface area contributed by atoms with Crippen molar-refractivity contribution in [2.24, 2.45) is 0 Å². The first-order valence-electron chi connectivity index (χ1n) is 7.46. The summed E-state index contributed by atoms with van der Waals surface area (Å²) in [6.45, 7) is 3.63. The summed E-state index contributed by atoms with van der Waals surface area (Å²) in [4.78, 5) is 12.9. The van der Waals surface area contributed by atoms with Gasteiger partial charge in [-0.2, -0.15) is 0 Å². The lowest BCUT2D eigenvalue weighted by Crippen LogP contribution is -2.11. The van der Waals surface area contributed by atoms with Gasteiger partial charge in [-0.25, -0.2) is 0 Å².